The molecule has 0 saturated carbocycles. The molecule has 2 nitrogen and oxygen atoms in total. The molecule has 0 fully saturated rings. The average Bonchev–Trinajstić information content (AvgIpc) is 2.50. The number of aromatic hydroxyl groups is 2. The molecule has 0 bridgehead atoms. The van der Waals surface area contributed by atoms with Gasteiger partial charge in [0.2, 0.25) is 0 Å². The van der Waals surface area contributed by atoms with Crippen LogP contribution in [0.25, 0.3) is 0 Å². The summed E-state index contributed by atoms with van der Waals surface area (Å²) in [5.74, 6) is 0.710. The van der Waals surface area contributed by atoms with E-state index in [-0.39, 0.29) is 11.3 Å². The molecular weight excluding hydrogens is 308 g/mol. The molecule has 2 N–H and O–H groups in total. The monoisotopic (exact) mass is 340 g/mol. The molecule has 0 aliphatic rings. The Morgan fingerprint density at radius 3 is 1.88 bits per heavy atom. The average molecular weight is 341 g/mol. The minimum Gasteiger partial charge on any atom is -0.507 e. The molecule has 0 amide bonds. The summed E-state index contributed by atoms with van der Waals surface area (Å²) < 4.78 is 0. The molecule has 1 unspecified atom stereocenters. The van der Waals surface area contributed by atoms with Gasteiger partial charge in [0.15, 0.2) is 0 Å². The van der Waals surface area contributed by atoms with Gasteiger partial charge < -0.3 is 10.2 Å². The van der Waals surface area contributed by atoms with E-state index in [1.165, 1.54) is 0 Å². The highest BCUT2D eigenvalue weighted by atomic mass is 16.3. The van der Waals surface area contributed by atoms with Crippen molar-refractivity contribution in [1.29, 1.82) is 0 Å². The summed E-state index contributed by atoms with van der Waals surface area (Å²) in [7, 11) is 0. The van der Waals surface area contributed by atoms with Crippen molar-refractivity contribution < 1.29 is 10.2 Å². The van der Waals surface area contributed by atoms with Gasteiger partial charge in [0, 0.05) is 17.0 Å². The normalized spacial score (nSPS) is 13.1. The zero-order valence-corrected chi connectivity index (χ0v) is 16.7. The standard InChI is InChI=1S/C23H32O2/c1-8-9-17(18-11-14(2)10-16(4)21(18)24)19-12-15(3)13-20(22(19)25)23(5,6)7/h10-13,17,24-25H,8-9H2,1-7H3. The van der Waals surface area contributed by atoms with Crippen LogP contribution in [0.4, 0.5) is 0 Å². The highest BCUT2D eigenvalue weighted by Gasteiger charge is 2.26. The summed E-state index contributed by atoms with van der Waals surface area (Å²) in [4.78, 5) is 0. The highest BCUT2D eigenvalue weighted by Crippen LogP contribution is 2.44. The van der Waals surface area contributed by atoms with E-state index in [0.29, 0.717) is 11.5 Å². The highest BCUT2D eigenvalue weighted by molar-refractivity contribution is 5.54. The molecule has 0 spiro atoms. The largest absolute Gasteiger partial charge is 0.507 e. The second-order valence-electron chi connectivity index (χ2n) is 8.36. The van der Waals surface area contributed by atoms with E-state index in [2.05, 4.69) is 59.7 Å². The van der Waals surface area contributed by atoms with Crippen LogP contribution < -0.4 is 0 Å². The Hall–Kier alpha value is -1.96. The third-order valence-corrected chi connectivity index (χ3v) is 4.89. The Morgan fingerprint density at radius 1 is 0.840 bits per heavy atom. The van der Waals surface area contributed by atoms with Crippen molar-refractivity contribution in [3.05, 3.63) is 57.6 Å². The number of aryl methyl sites for hydroxylation is 3. The molecule has 0 radical (unpaired) electrons. The van der Waals surface area contributed by atoms with Crippen molar-refractivity contribution in [1.82, 2.24) is 0 Å². The van der Waals surface area contributed by atoms with Crippen molar-refractivity contribution in [3.63, 3.8) is 0 Å². The molecule has 2 heteroatoms. The summed E-state index contributed by atoms with van der Waals surface area (Å²) in [5.41, 5.74) is 5.84. The first kappa shape index (κ1) is 19.4. The first-order chi connectivity index (χ1) is 11.6. The van der Waals surface area contributed by atoms with Crippen molar-refractivity contribution in [3.8, 4) is 11.5 Å². The Morgan fingerprint density at radius 2 is 1.36 bits per heavy atom. The fourth-order valence-electron chi connectivity index (χ4n) is 3.67. The van der Waals surface area contributed by atoms with E-state index in [1.54, 1.807) is 0 Å². The van der Waals surface area contributed by atoms with Gasteiger partial charge in [-0.1, -0.05) is 69.5 Å². The van der Waals surface area contributed by atoms with Crippen molar-refractivity contribution in [2.75, 3.05) is 0 Å². The summed E-state index contributed by atoms with van der Waals surface area (Å²) >= 11 is 0. The third-order valence-electron chi connectivity index (χ3n) is 4.89. The number of hydrogen-bond donors (Lipinski definition) is 2. The lowest BCUT2D eigenvalue weighted by Crippen LogP contribution is -2.14. The molecular formula is C23H32O2. The Kier molecular flexibility index (Phi) is 5.51. The summed E-state index contributed by atoms with van der Waals surface area (Å²) in [5, 5.41) is 21.7. The first-order valence-electron chi connectivity index (χ1n) is 9.20. The second-order valence-corrected chi connectivity index (χ2v) is 8.36. The lowest BCUT2D eigenvalue weighted by Gasteiger charge is -2.27. The minimum absolute atomic E-state index is 0.00963. The summed E-state index contributed by atoms with van der Waals surface area (Å²) in [6.07, 6.45) is 1.87. The maximum Gasteiger partial charge on any atom is 0.123 e. The van der Waals surface area contributed by atoms with Crippen LogP contribution in [0, 0.1) is 20.8 Å². The predicted octanol–water partition coefficient (Wildman–Crippen LogP) is 6.25. The molecule has 2 rings (SSSR count). The molecule has 25 heavy (non-hydrogen) atoms. The second kappa shape index (κ2) is 7.11. The smallest absolute Gasteiger partial charge is 0.123 e. The molecule has 2 aromatic carbocycles. The lowest BCUT2D eigenvalue weighted by atomic mass is 9.79. The van der Waals surface area contributed by atoms with Crippen LogP contribution in [-0.2, 0) is 5.41 Å². The van der Waals surface area contributed by atoms with Crippen LogP contribution in [0.3, 0.4) is 0 Å². The van der Waals surface area contributed by atoms with Crippen LogP contribution in [0.15, 0.2) is 24.3 Å². The van der Waals surface area contributed by atoms with E-state index in [0.717, 1.165) is 46.2 Å². The summed E-state index contributed by atoms with van der Waals surface area (Å²) in [6, 6.07) is 8.20. The van der Waals surface area contributed by atoms with Gasteiger partial charge in [-0.3, -0.25) is 0 Å². The Balaban J connectivity index is 2.73. The van der Waals surface area contributed by atoms with Gasteiger partial charge in [-0.15, -0.1) is 0 Å². The molecule has 0 aromatic heterocycles. The number of phenolic OH excluding ortho intramolecular Hbond substituents is 2. The molecule has 0 saturated heterocycles. The molecule has 136 valence electrons. The maximum absolute atomic E-state index is 11.1. The number of hydrogen-bond acceptors (Lipinski definition) is 2. The van der Waals surface area contributed by atoms with Gasteiger partial charge in [-0.2, -0.15) is 0 Å². The fourth-order valence-corrected chi connectivity index (χ4v) is 3.67. The topological polar surface area (TPSA) is 40.5 Å². The molecule has 0 aliphatic carbocycles. The van der Waals surface area contributed by atoms with E-state index in [9.17, 15) is 10.2 Å². The quantitative estimate of drug-likeness (QED) is 0.690. The van der Waals surface area contributed by atoms with Crippen LogP contribution in [0.5, 0.6) is 11.5 Å². The maximum atomic E-state index is 11.1. The van der Waals surface area contributed by atoms with Crippen LogP contribution >= 0.6 is 0 Å². The molecule has 0 heterocycles. The number of phenols is 2. The number of benzene rings is 2. The van der Waals surface area contributed by atoms with Crippen molar-refractivity contribution in [2.45, 2.75) is 72.6 Å². The van der Waals surface area contributed by atoms with Crippen molar-refractivity contribution in [2.24, 2.45) is 0 Å². The first-order valence-corrected chi connectivity index (χ1v) is 9.20. The fraction of sp³-hybridized carbons (Fsp3) is 0.478. The van der Waals surface area contributed by atoms with Gasteiger partial charge in [0.05, 0.1) is 0 Å². The van der Waals surface area contributed by atoms with Crippen LogP contribution in [-0.4, -0.2) is 10.2 Å². The van der Waals surface area contributed by atoms with Gasteiger partial charge in [0.1, 0.15) is 11.5 Å². The molecule has 0 aliphatic heterocycles. The van der Waals surface area contributed by atoms with Gasteiger partial charge in [-0.25, -0.2) is 0 Å². The predicted molar refractivity (Wildman–Crippen MR) is 106 cm³/mol. The Bertz CT molecular complexity index is 767. The Labute approximate surface area is 152 Å². The van der Waals surface area contributed by atoms with E-state index < -0.39 is 0 Å². The zero-order chi connectivity index (χ0) is 18.9. The van der Waals surface area contributed by atoms with Crippen LogP contribution in [0.1, 0.15) is 79.8 Å². The van der Waals surface area contributed by atoms with E-state index in [4.69, 9.17) is 0 Å². The third kappa shape index (κ3) is 4.00. The van der Waals surface area contributed by atoms with E-state index in [1.807, 2.05) is 13.0 Å². The van der Waals surface area contributed by atoms with Gasteiger partial charge in [-0.05, 0) is 43.7 Å². The van der Waals surface area contributed by atoms with Crippen molar-refractivity contribution >= 4 is 0 Å². The molecule has 2 aromatic rings. The van der Waals surface area contributed by atoms with Crippen LogP contribution in [0.2, 0.25) is 0 Å². The molecule has 1 atom stereocenters. The number of rotatable bonds is 4. The zero-order valence-electron chi connectivity index (χ0n) is 16.7. The lowest BCUT2D eigenvalue weighted by molar-refractivity contribution is 0.431. The minimum atomic E-state index is -0.133. The summed E-state index contributed by atoms with van der Waals surface area (Å²) in [6.45, 7) is 14.6. The van der Waals surface area contributed by atoms with Gasteiger partial charge >= 0.3 is 0 Å². The van der Waals surface area contributed by atoms with Gasteiger partial charge in [0.25, 0.3) is 0 Å². The SMILES string of the molecule is CCCC(c1cc(C)cc(C)c1O)c1cc(C)cc(C(C)(C)C)c1O. The van der Waals surface area contributed by atoms with E-state index >= 15 is 0 Å².